The second kappa shape index (κ2) is 6.38. The Kier molecular flexibility index (Phi) is 5.12. The molecule has 0 fully saturated rings. The molecule has 0 amide bonds. The maximum absolute atomic E-state index is 11.1. The molecule has 2 nitrogen and oxygen atoms in total. The summed E-state index contributed by atoms with van der Waals surface area (Å²) in [4.78, 5) is 12.1. The van der Waals surface area contributed by atoms with Gasteiger partial charge in [0.15, 0.2) is 0 Å². The van der Waals surface area contributed by atoms with Gasteiger partial charge in [0.1, 0.15) is 6.61 Å². The Balaban J connectivity index is 2.38. The highest BCUT2D eigenvalue weighted by molar-refractivity contribution is 7.80. The van der Waals surface area contributed by atoms with Gasteiger partial charge in [0, 0.05) is 4.90 Å². The highest BCUT2D eigenvalue weighted by atomic mass is 32.1. The zero-order chi connectivity index (χ0) is 12.0. The van der Waals surface area contributed by atoms with Crippen molar-refractivity contribution >= 4 is 24.7 Å². The van der Waals surface area contributed by atoms with Gasteiger partial charge >= 0.3 is 5.97 Å². The number of carbonyl (C=O) groups excluding carboxylic acids is 1. The quantitative estimate of drug-likeness (QED) is 0.642. The van der Waals surface area contributed by atoms with E-state index in [-0.39, 0.29) is 11.9 Å². The molecule has 0 aliphatic rings. The molecule has 3 heteroatoms. The van der Waals surface area contributed by atoms with E-state index in [1.807, 2.05) is 50.3 Å². The largest absolute Gasteiger partial charge is 0.461 e. The van der Waals surface area contributed by atoms with Crippen LogP contribution in [-0.4, -0.2) is 12.6 Å². The first kappa shape index (κ1) is 12.8. The van der Waals surface area contributed by atoms with Crippen molar-refractivity contribution in [2.75, 3.05) is 6.61 Å². The van der Waals surface area contributed by atoms with Crippen molar-refractivity contribution in [3.8, 4) is 0 Å². The molecule has 1 aromatic carbocycles. The first-order valence-corrected chi connectivity index (χ1v) is 5.66. The van der Waals surface area contributed by atoms with Crippen molar-refractivity contribution in [3.63, 3.8) is 0 Å². The molecule has 0 unspecified atom stereocenters. The maximum atomic E-state index is 11.1. The number of rotatable bonds is 4. The SMILES string of the molecule is CC(C)C(=O)OC/C=C/c1ccc(S)cc1. The van der Waals surface area contributed by atoms with Crippen LogP contribution in [0.5, 0.6) is 0 Å². The van der Waals surface area contributed by atoms with Crippen LogP contribution in [0, 0.1) is 5.92 Å². The van der Waals surface area contributed by atoms with Crippen LogP contribution in [0.3, 0.4) is 0 Å². The van der Waals surface area contributed by atoms with Crippen LogP contribution < -0.4 is 0 Å². The molecule has 1 rings (SSSR count). The van der Waals surface area contributed by atoms with E-state index in [4.69, 9.17) is 4.74 Å². The molecule has 1 aromatic rings. The fraction of sp³-hybridized carbons (Fsp3) is 0.308. The van der Waals surface area contributed by atoms with Crippen molar-refractivity contribution in [3.05, 3.63) is 35.9 Å². The lowest BCUT2D eigenvalue weighted by Gasteiger charge is -2.03. The third-order valence-corrected chi connectivity index (χ3v) is 2.29. The fourth-order valence-electron chi connectivity index (χ4n) is 1.07. The van der Waals surface area contributed by atoms with Gasteiger partial charge in [-0.3, -0.25) is 4.79 Å². The molecule has 0 aliphatic carbocycles. The minimum Gasteiger partial charge on any atom is -0.461 e. The number of esters is 1. The predicted octanol–water partition coefficient (Wildman–Crippen LogP) is 3.19. The summed E-state index contributed by atoms with van der Waals surface area (Å²) in [5, 5.41) is 0. The highest BCUT2D eigenvalue weighted by Gasteiger charge is 2.05. The topological polar surface area (TPSA) is 26.3 Å². The zero-order valence-electron chi connectivity index (χ0n) is 9.51. The van der Waals surface area contributed by atoms with E-state index in [2.05, 4.69) is 12.6 Å². The van der Waals surface area contributed by atoms with Crippen LogP contribution in [0.1, 0.15) is 19.4 Å². The lowest BCUT2D eigenvalue weighted by molar-refractivity contribution is -0.145. The second-order valence-electron chi connectivity index (χ2n) is 3.78. The number of hydrogen-bond acceptors (Lipinski definition) is 3. The molecule has 0 saturated heterocycles. The molecule has 0 bridgehead atoms. The smallest absolute Gasteiger partial charge is 0.308 e. The molecule has 0 atom stereocenters. The molecule has 0 aliphatic heterocycles. The summed E-state index contributed by atoms with van der Waals surface area (Å²) < 4.78 is 5.01. The van der Waals surface area contributed by atoms with Gasteiger partial charge in [-0.15, -0.1) is 12.6 Å². The van der Waals surface area contributed by atoms with E-state index >= 15 is 0 Å². The van der Waals surface area contributed by atoms with Gasteiger partial charge in [0.25, 0.3) is 0 Å². The van der Waals surface area contributed by atoms with Crippen molar-refractivity contribution in [1.29, 1.82) is 0 Å². The Hall–Kier alpha value is -1.22. The molecule has 16 heavy (non-hydrogen) atoms. The summed E-state index contributed by atoms with van der Waals surface area (Å²) in [7, 11) is 0. The predicted molar refractivity (Wildman–Crippen MR) is 68.5 cm³/mol. The normalized spacial score (nSPS) is 11.0. The van der Waals surface area contributed by atoms with Crippen molar-refractivity contribution in [2.45, 2.75) is 18.7 Å². The van der Waals surface area contributed by atoms with E-state index in [9.17, 15) is 4.79 Å². The Morgan fingerprint density at radius 3 is 2.56 bits per heavy atom. The Bertz CT molecular complexity index is 366. The monoisotopic (exact) mass is 236 g/mol. The van der Waals surface area contributed by atoms with Crippen LogP contribution >= 0.6 is 12.6 Å². The van der Waals surface area contributed by atoms with Crippen LogP contribution in [0.15, 0.2) is 35.2 Å². The van der Waals surface area contributed by atoms with Gasteiger partial charge in [-0.05, 0) is 23.8 Å². The minimum atomic E-state index is -0.171. The zero-order valence-corrected chi connectivity index (χ0v) is 10.4. The van der Waals surface area contributed by atoms with Crippen molar-refractivity contribution < 1.29 is 9.53 Å². The highest BCUT2D eigenvalue weighted by Crippen LogP contribution is 2.08. The Labute approximate surface area is 102 Å². The molecule has 0 aromatic heterocycles. The summed E-state index contributed by atoms with van der Waals surface area (Å²) in [5.74, 6) is -0.243. The summed E-state index contributed by atoms with van der Waals surface area (Å²) in [6.45, 7) is 3.95. The average Bonchev–Trinajstić information content (AvgIpc) is 2.26. The van der Waals surface area contributed by atoms with Gasteiger partial charge in [-0.2, -0.15) is 0 Å². The average molecular weight is 236 g/mol. The van der Waals surface area contributed by atoms with E-state index in [0.717, 1.165) is 10.5 Å². The lowest BCUT2D eigenvalue weighted by Crippen LogP contribution is -2.11. The maximum Gasteiger partial charge on any atom is 0.308 e. The Morgan fingerprint density at radius 2 is 2.00 bits per heavy atom. The number of ether oxygens (including phenoxy) is 1. The van der Waals surface area contributed by atoms with Crippen molar-refractivity contribution in [1.82, 2.24) is 0 Å². The van der Waals surface area contributed by atoms with Crippen LogP contribution in [0.4, 0.5) is 0 Å². The summed E-state index contributed by atoms with van der Waals surface area (Å²) in [6.07, 6.45) is 3.74. The third kappa shape index (κ3) is 4.53. The minimum absolute atomic E-state index is 0.0723. The van der Waals surface area contributed by atoms with Crippen LogP contribution in [0.2, 0.25) is 0 Å². The third-order valence-electron chi connectivity index (χ3n) is 2.00. The number of thiol groups is 1. The van der Waals surface area contributed by atoms with Crippen molar-refractivity contribution in [2.24, 2.45) is 5.92 Å². The second-order valence-corrected chi connectivity index (χ2v) is 4.30. The van der Waals surface area contributed by atoms with E-state index in [1.165, 1.54) is 0 Å². The Morgan fingerprint density at radius 1 is 1.38 bits per heavy atom. The first-order chi connectivity index (χ1) is 7.59. The molecular weight excluding hydrogens is 220 g/mol. The molecule has 0 saturated carbocycles. The van der Waals surface area contributed by atoms with Gasteiger partial charge in [0.05, 0.1) is 5.92 Å². The number of benzene rings is 1. The van der Waals surface area contributed by atoms with Gasteiger partial charge in [-0.1, -0.05) is 32.1 Å². The first-order valence-electron chi connectivity index (χ1n) is 5.22. The molecule has 0 N–H and O–H groups in total. The molecular formula is C13H16O2S. The van der Waals surface area contributed by atoms with E-state index in [1.54, 1.807) is 0 Å². The fourth-order valence-corrected chi connectivity index (χ4v) is 1.22. The molecule has 0 heterocycles. The molecule has 0 radical (unpaired) electrons. The standard InChI is InChI=1S/C13H16O2S/c1-10(2)13(14)15-9-3-4-11-5-7-12(16)8-6-11/h3-8,10,16H,9H2,1-2H3/b4-3+. The molecule has 86 valence electrons. The van der Waals surface area contributed by atoms with Crippen LogP contribution in [-0.2, 0) is 9.53 Å². The number of hydrogen-bond donors (Lipinski definition) is 1. The molecule has 0 spiro atoms. The summed E-state index contributed by atoms with van der Waals surface area (Å²) >= 11 is 4.20. The lowest BCUT2D eigenvalue weighted by atomic mass is 10.2. The summed E-state index contributed by atoms with van der Waals surface area (Å²) in [5.41, 5.74) is 1.07. The van der Waals surface area contributed by atoms with E-state index < -0.39 is 0 Å². The van der Waals surface area contributed by atoms with Gasteiger partial charge in [0.2, 0.25) is 0 Å². The number of carbonyl (C=O) groups is 1. The summed E-state index contributed by atoms with van der Waals surface area (Å²) in [6, 6.07) is 7.76. The van der Waals surface area contributed by atoms with Gasteiger partial charge in [-0.25, -0.2) is 0 Å². The van der Waals surface area contributed by atoms with E-state index in [0.29, 0.717) is 6.61 Å². The van der Waals surface area contributed by atoms with Crippen LogP contribution in [0.25, 0.3) is 6.08 Å². The van der Waals surface area contributed by atoms with Gasteiger partial charge < -0.3 is 4.74 Å².